The molecule has 0 amide bonds. The monoisotopic (exact) mass is 762 g/mol. The van der Waals surface area contributed by atoms with Crippen molar-refractivity contribution in [3.8, 4) is 11.1 Å². The summed E-state index contributed by atoms with van der Waals surface area (Å²) >= 11 is 0. The van der Waals surface area contributed by atoms with Crippen molar-refractivity contribution in [3.05, 3.63) is 132 Å². The van der Waals surface area contributed by atoms with Crippen LogP contribution in [0.1, 0.15) is 11.1 Å². The average molecular weight is 763 g/mol. The number of anilines is 2. The maximum Gasteiger partial charge on any atom is 0.422 e. The Morgan fingerprint density at radius 3 is 1.16 bits per heavy atom. The Kier molecular flexibility index (Phi) is 7.84. The van der Waals surface area contributed by atoms with E-state index in [2.05, 4.69) is 0 Å². The lowest BCUT2D eigenvalue weighted by atomic mass is 9.91. The number of nitrogens with zero attached hydrogens (tertiary/aromatic N) is 2. The van der Waals surface area contributed by atoms with Gasteiger partial charge in [0, 0.05) is 11.1 Å². The summed E-state index contributed by atoms with van der Waals surface area (Å²) in [5, 5.41) is 1.64. The van der Waals surface area contributed by atoms with Crippen LogP contribution in [0.3, 0.4) is 0 Å². The lowest BCUT2D eigenvalue weighted by Gasteiger charge is -2.34. The molecule has 1 N–H and O–H groups in total. The minimum Gasteiger partial charge on any atom is -0.312 e. The third kappa shape index (κ3) is 5.53. The lowest BCUT2D eigenvalue weighted by Crippen LogP contribution is -2.38. The fraction of sp³-hybridized carbons (Fsp3) is 0.0588. The number of sulfonamides is 2. The summed E-state index contributed by atoms with van der Waals surface area (Å²) in [6.45, 7) is 0. The summed E-state index contributed by atoms with van der Waals surface area (Å²) in [5.74, 6) is 0. The minimum atomic E-state index is -6.09. The van der Waals surface area contributed by atoms with Crippen LogP contribution >= 0.6 is 7.67 Å². The predicted octanol–water partition coefficient (Wildman–Crippen LogP) is 9.20. The van der Waals surface area contributed by atoms with Crippen molar-refractivity contribution >= 4 is 60.6 Å². The molecule has 0 aliphatic carbocycles. The van der Waals surface area contributed by atoms with Crippen LogP contribution in [-0.4, -0.2) is 21.7 Å². The molecule has 51 heavy (non-hydrogen) atoms. The van der Waals surface area contributed by atoms with E-state index in [1.54, 1.807) is 48.5 Å². The Bertz CT molecular complexity index is 2470. The summed E-state index contributed by atoms with van der Waals surface area (Å²) in [6.07, 6.45) is -9.73. The number of hydrogen-bond acceptors (Lipinski definition) is 5. The van der Waals surface area contributed by atoms with E-state index in [1.165, 1.54) is 24.3 Å². The summed E-state index contributed by atoms with van der Waals surface area (Å²) in [5.41, 5.74) is -3.42. The molecule has 0 bridgehead atoms. The smallest absolute Gasteiger partial charge is 0.312 e. The van der Waals surface area contributed by atoms with Crippen LogP contribution in [0.2, 0.25) is 0 Å². The van der Waals surface area contributed by atoms with E-state index in [-0.39, 0.29) is 19.3 Å². The van der Waals surface area contributed by atoms with Crippen LogP contribution in [0.5, 0.6) is 0 Å². The summed E-state index contributed by atoms with van der Waals surface area (Å²) < 4.78 is 154. The predicted molar refractivity (Wildman–Crippen MR) is 179 cm³/mol. The number of halogens is 6. The second-order valence-corrected chi connectivity index (χ2v) is 17.4. The molecule has 1 aliphatic rings. The van der Waals surface area contributed by atoms with Gasteiger partial charge in [-0.1, -0.05) is 60.7 Å². The summed E-state index contributed by atoms with van der Waals surface area (Å²) in [7, 11) is -16.9. The highest BCUT2D eigenvalue weighted by Crippen LogP contribution is 2.65. The van der Waals surface area contributed by atoms with Crippen molar-refractivity contribution in [2.45, 2.75) is 22.1 Å². The van der Waals surface area contributed by atoms with E-state index < -0.39 is 72.4 Å². The fourth-order valence-corrected chi connectivity index (χ4v) is 12.7. The Labute approximate surface area is 286 Å². The van der Waals surface area contributed by atoms with Gasteiger partial charge in [0.2, 0.25) is 0 Å². The van der Waals surface area contributed by atoms with Gasteiger partial charge in [-0.15, -0.1) is 0 Å². The first-order valence-electron chi connectivity index (χ1n) is 14.7. The summed E-state index contributed by atoms with van der Waals surface area (Å²) in [6, 6.07) is 22.3. The molecular weight excluding hydrogens is 741 g/mol. The average Bonchev–Trinajstić information content (AvgIpc) is 3.17. The Morgan fingerprint density at radius 2 is 0.824 bits per heavy atom. The quantitative estimate of drug-likeness (QED) is 0.142. The molecule has 1 aliphatic heterocycles. The molecular formula is C34H21F6N2O6PS2. The van der Waals surface area contributed by atoms with Gasteiger partial charge in [0.1, 0.15) is 0 Å². The first-order chi connectivity index (χ1) is 23.8. The normalized spacial score (nSPS) is 15.0. The number of fused-ring (bicyclic) bond motifs is 7. The van der Waals surface area contributed by atoms with E-state index in [4.69, 9.17) is 0 Å². The van der Waals surface area contributed by atoms with Crippen molar-refractivity contribution < 1.29 is 52.6 Å². The fourth-order valence-electron chi connectivity index (χ4n) is 6.09. The van der Waals surface area contributed by atoms with Gasteiger partial charge in [0.15, 0.2) is 0 Å². The lowest BCUT2D eigenvalue weighted by molar-refractivity contribution is -0.138. The van der Waals surface area contributed by atoms with Gasteiger partial charge in [-0.2, -0.15) is 34.5 Å². The van der Waals surface area contributed by atoms with Gasteiger partial charge in [-0.05, 0) is 82.2 Å². The Balaban J connectivity index is 1.61. The zero-order chi connectivity index (χ0) is 36.7. The largest absolute Gasteiger partial charge is 0.422 e. The molecule has 0 saturated heterocycles. The minimum absolute atomic E-state index is 0.00483. The van der Waals surface area contributed by atoms with Crippen LogP contribution in [0, 0.1) is 0 Å². The van der Waals surface area contributed by atoms with Gasteiger partial charge in [0.05, 0.1) is 32.3 Å². The number of benzene rings is 6. The SMILES string of the molecule is O=P1(O)N(S(=O)(=O)c2ccc(C(F)(F)F)cc2)c2ccc3ccccc3c2-c2c(ccc3ccccc23)N1S(=O)(=O)c1ccc(C(F)(F)F)cc1. The highest BCUT2D eigenvalue weighted by Gasteiger charge is 2.54. The topological polar surface area (TPSA) is 112 Å². The molecule has 0 atom stereocenters. The van der Waals surface area contributed by atoms with Crippen molar-refractivity contribution in [1.82, 2.24) is 0 Å². The molecule has 262 valence electrons. The summed E-state index contributed by atoms with van der Waals surface area (Å²) in [4.78, 5) is 10.4. The highest BCUT2D eigenvalue weighted by molar-refractivity contribution is 8.06. The van der Waals surface area contributed by atoms with Gasteiger partial charge in [-0.25, -0.2) is 21.4 Å². The first kappa shape index (κ1) is 34.6. The third-order valence-corrected chi connectivity index (χ3v) is 15.3. The molecule has 0 aromatic heterocycles. The maximum absolute atomic E-state index is 15.1. The standard InChI is InChI=1S/C34H21F6N2O6PS2/c35-33(36,37)23-11-15-25(16-12-23)50(45,46)41-29-19-9-21-5-1-3-7-27(21)31(29)32-28-8-4-2-6-22(28)10-20-30(32)42(49(41,43)44)51(47,48)26-17-13-24(14-18-26)34(38,39)40/h1-20H,(H,43,44). The van der Waals surface area contributed by atoms with E-state index in [0.29, 0.717) is 70.1 Å². The number of hydrogen-bond donors (Lipinski definition) is 1. The van der Waals surface area contributed by atoms with Crippen molar-refractivity contribution in [2.75, 3.05) is 8.15 Å². The highest BCUT2D eigenvalue weighted by atomic mass is 32.2. The molecule has 0 unspecified atom stereocenters. The molecule has 7 rings (SSSR count). The van der Waals surface area contributed by atoms with Crippen LogP contribution in [0.4, 0.5) is 37.7 Å². The molecule has 1 heterocycles. The van der Waals surface area contributed by atoms with Crippen molar-refractivity contribution in [3.63, 3.8) is 0 Å². The van der Waals surface area contributed by atoms with Gasteiger partial charge in [-0.3, -0.25) is 0 Å². The van der Waals surface area contributed by atoms with E-state index in [0.717, 1.165) is 0 Å². The zero-order valence-corrected chi connectivity index (χ0v) is 28.0. The van der Waals surface area contributed by atoms with Gasteiger partial charge < -0.3 is 4.89 Å². The molecule has 6 aromatic carbocycles. The Hall–Kier alpha value is -4.89. The van der Waals surface area contributed by atoms with Crippen molar-refractivity contribution in [2.24, 2.45) is 0 Å². The molecule has 0 spiro atoms. The number of rotatable bonds is 4. The molecule has 0 radical (unpaired) electrons. The third-order valence-electron chi connectivity index (χ3n) is 8.36. The van der Waals surface area contributed by atoms with E-state index in [9.17, 15) is 48.1 Å². The second kappa shape index (κ2) is 11.6. The molecule has 0 saturated carbocycles. The molecule has 0 fully saturated rings. The van der Waals surface area contributed by atoms with Crippen LogP contribution < -0.4 is 8.15 Å². The van der Waals surface area contributed by atoms with Gasteiger partial charge >= 0.3 is 20.0 Å². The van der Waals surface area contributed by atoms with E-state index in [1.807, 2.05) is 0 Å². The van der Waals surface area contributed by atoms with Crippen LogP contribution in [-0.2, 0) is 37.0 Å². The van der Waals surface area contributed by atoms with Gasteiger partial charge in [0.25, 0.3) is 20.0 Å². The first-order valence-corrected chi connectivity index (χ1v) is 19.1. The molecule has 6 aromatic rings. The maximum atomic E-state index is 15.1. The van der Waals surface area contributed by atoms with Crippen molar-refractivity contribution in [1.29, 1.82) is 0 Å². The van der Waals surface area contributed by atoms with E-state index >= 15 is 4.57 Å². The zero-order valence-electron chi connectivity index (χ0n) is 25.5. The second-order valence-electron chi connectivity index (χ2n) is 11.4. The Morgan fingerprint density at radius 1 is 0.490 bits per heavy atom. The van der Waals surface area contributed by atoms with Crippen LogP contribution in [0.25, 0.3) is 32.7 Å². The molecule has 17 heteroatoms. The number of alkyl halides is 6. The molecule has 8 nitrogen and oxygen atoms in total. The van der Waals surface area contributed by atoms with Crippen LogP contribution in [0.15, 0.2) is 131 Å².